The van der Waals surface area contributed by atoms with Crippen LogP contribution in [-0.4, -0.2) is 19.8 Å². The lowest BCUT2D eigenvalue weighted by Gasteiger charge is -2.24. The summed E-state index contributed by atoms with van der Waals surface area (Å²) in [6.45, 7) is 3.08. The fourth-order valence-electron chi connectivity index (χ4n) is 1.05. The first-order chi connectivity index (χ1) is 7.26. The van der Waals surface area contributed by atoms with Gasteiger partial charge in [-0.3, -0.25) is 5.41 Å². The van der Waals surface area contributed by atoms with Gasteiger partial charge in [-0.25, -0.2) is 8.42 Å². The van der Waals surface area contributed by atoms with Gasteiger partial charge < -0.3 is 5.73 Å². The van der Waals surface area contributed by atoms with Crippen LogP contribution in [0.5, 0.6) is 0 Å². The van der Waals surface area contributed by atoms with Gasteiger partial charge in [0.2, 0.25) is 10.0 Å². The average Bonchev–Trinajstić information content (AvgIpc) is 2.17. The predicted molar refractivity (Wildman–Crippen MR) is 62.8 cm³/mol. The molecule has 4 N–H and O–H groups in total. The third-order valence-corrected chi connectivity index (χ3v) is 3.79. The Labute approximate surface area is 95.2 Å². The van der Waals surface area contributed by atoms with E-state index in [1.807, 2.05) is 0 Å². The average molecular weight is 241 g/mol. The van der Waals surface area contributed by atoms with E-state index in [1.54, 1.807) is 18.2 Å². The highest BCUT2D eigenvalue weighted by molar-refractivity contribution is 7.89. The number of nitrogens with one attached hydrogen (secondary N) is 2. The molecule has 6 heteroatoms. The van der Waals surface area contributed by atoms with Gasteiger partial charge in [0.1, 0.15) is 5.84 Å². The monoisotopic (exact) mass is 241 g/mol. The third-order valence-electron chi connectivity index (χ3n) is 2.12. The van der Waals surface area contributed by atoms with Crippen LogP contribution in [-0.2, 0) is 10.0 Å². The Morgan fingerprint density at radius 3 is 2.25 bits per heavy atom. The van der Waals surface area contributed by atoms with E-state index < -0.39 is 15.6 Å². The molecule has 0 saturated heterocycles. The van der Waals surface area contributed by atoms with E-state index in [0.29, 0.717) is 0 Å². The molecule has 0 saturated carbocycles. The van der Waals surface area contributed by atoms with Gasteiger partial charge in [-0.2, -0.15) is 4.72 Å². The zero-order valence-corrected chi connectivity index (χ0v) is 10.0. The second kappa shape index (κ2) is 4.23. The van der Waals surface area contributed by atoms with Gasteiger partial charge in [0.15, 0.2) is 0 Å². The molecule has 5 nitrogen and oxygen atoms in total. The molecule has 0 atom stereocenters. The number of sulfonamides is 1. The highest BCUT2D eigenvalue weighted by Crippen LogP contribution is 2.12. The summed E-state index contributed by atoms with van der Waals surface area (Å²) >= 11 is 0. The van der Waals surface area contributed by atoms with Crippen LogP contribution < -0.4 is 10.5 Å². The predicted octanol–water partition coefficient (Wildman–Crippen LogP) is 0.679. The van der Waals surface area contributed by atoms with Crippen LogP contribution in [0.3, 0.4) is 0 Å². The van der Waals surface area contributed by atoms with E-state index >= 15 is 0 Å². The molecule has 0 radical (unpaired) electrons. The van der Waals surface area contributed by atoms with Crippen molar-refractivity contribution in [2.45, 2.75) is 24.3 Å². The van der Waals surface area contributed by atoms with Crippen LogP contribution in [0.25, 0.3) is 0 Å². The summed E-state index contributed by atoms with van der Waals surface area (Å²) in [4.78, 5) is 0.157. The smallest absolute Gasteiger partial charge is 0.241 e. The second-order valence-electron chi connectivity index (χ2n) is 3.96. The SMILES string of the molecule is CC(C)(NS(=O)(=O)c1ccccc1)C(=N)N. The van der Waals surface area contributed by atoms with E-state index in [4.69, 9.17) is 11.1 Å². The Bertz CT molecular complexity index is 480. The Morgan fingerprint density at radius 1 is 1.31 bits per heavy atom. The van der Waals surface area contributed by atoms with Crippen molar-refractivity contribution < 1.29 is 8.42 Å². The molecular formula is C10H15N3O2S. The lowest BCUT2D eigenvalue weighted by molar-refractivity contribution is 0.542. The van der Waals surface area contributed by atoms with E-state index in [2.05, 4.69) is 4.72 Å². The highest BCUT2D eigenvalue weighted by Gasteiger charge is 2.28. The van der Waals surface area contributed by atoms with Crippen LogP contribution in [0.4, 0.5) is 0 Å². The number of nitrogens with two attached hydrogens (primary N) is 1. The van der Waals surface area contributed by atoms with Gasteiger partial charge in [0, 0.05) is 0 Å². The molecule has 1 aromatic rings. The quantitative estimate of drug-likeness (QED) is 0.534. The standard InChI is InChI=1S/C10H15N3O2S/c1-10(2,9(11)12)13-16(14,15)8-6-4-3-5-7-8/h3-7,13H,1-2H3,(H3,11,12). The molecule has 0 aromatic heterocycles. The van der Waals surface area contributed by atoms with Gasteiger partial charge in [0.25, 0.3) is 0 Å². The number of benzene rings is 1. The van der Waals surface area contributed by atoms with Gasteiger partial charge in [-0.1, -0.05) is 18.2 Å². The summed E-state index contributed by atoms with van der Waals surface area (Å²) in [7, 11) is -3.63. The molecule has 0 amide bonds. The number of rotatable bonds is 4. The number of hydrogen-bond acceptors (Lipinski definition) is 3. The van der Waals surface area contributed by atoms with Crippen molar-refractivity contribution in [1.29, 1.82) is 5.41 Å². The summed E-state index contributed by atoms with van der Waals surface area (Å²) in [6, 6.07) is 7.97. The van der Waals surface area contributed by atoms with Gasteiger partial charge in [-0.05, 0) is 26.0 Å². The Morgan fingerprint density at radius 2 is 1.81 bits per heavy atom. The Kier molecular flexibility index (Phi) is 3.35. The summed E-state index contributed by atoms with van der Waals surface area (Å²) in [5, 5.41) is 7.29. The normalized spacial score (nSPS) is 12.4. The Balaban J connectivity index is 3.03. The van der Waals surface area contributed by atoms with Crippen molar-refractivity contribution in [2.75, 3.05) is 0 Å². The molecule has 0 fully saturated rings. The molecule has 0 spiro atoms. The lowest BCUT2D eigenvalue weighted by Crippen LogP contribution is -2.52. The maximum atomic E-state index is 11.9. The first-order valence-electron chi connectivity index (χ1n) is 4.69. The second-order valence-corrected chi connectivity index (χ2v) is 5.64. The van der Waals surface area contributed by atoms with Crippen molar-refractivity contribution in [3.05, 3.63) is 30.3 Å². The molecule has 0 aliphatic rings. The minimum Gasteiger partial charge on any atom is -0.386 e. The van der Waals surface area contributed by atoms with Crippen molar-refractivity contribution in [3.8, 4) is 0 Å². The summed E-state index contributed by atoms with van der Waals surface area (Å²) in [5.41, 5.74) is 4.22. The number of hydrogen-bond donors (Lipinski definition) is 3. The molecular weight excluding hydrogens is 226 g/mol. The summed E-state index contributed by atoms with van der Waals surface area (Å²) in [6.07, 6.45) is 0. The van der Waals surface area contributed by atoms with E-state index in [-0.39, 0.29) is 10.7 Å². The molecule has 88 valence electrons. The first kappa shape index (κ1) is 12.7. The van der Waals surface area contributed by atoms with Crippen molar-refractivity contribution in [3.63, 3.8) is 0 Å². The number of amidine groups is 1. The van der Waals surface area contributed by atoms with Gasteiger partial charge >= 0.3 is 0 Å². The minimum atomic E-state index is -3.63. The summed E-state index contributed by atoms with van der Waals surface area (Å²) in [5.74, 6) is -0.230. The fraction of sp³-hybridized carbons (Fsp3) is 0.300. The van der Waals surface area contributed by atoms with E-state index in [0.717, 1.165) is 0 Å². The molecule has 0 heterocycles. The molecule has 0 unspecified atom stereocenters. The van der Waals surface area contributed by atoms with Crippen molar-refractivity contribution in [1.82, 2.24) is 4.72 Å². The first-order valence-corrected chi connectivity index (χ1v) is 6.17. The zero-order chi connectivity index (χ0) is 12.4. The highest BCUT2D eigenvalue weighted by atomic mass is 32.2. The summed E-state index contributed by atoms with van der Waals surface area (Å²) < 4.78 is 26.1. The minimum absolute atomic E-state index is 0.157. The molecule has 0 bridgehead atoms. The van der Waals surface area contributed by atoms with Crippen LogP contribution >= 0.6 is 0 Å². The molecule has 0 aliphatic carbocycles. The molecule has 16 heavy (non-hydrogen) atoms. The third kappa shape index (κ3) is 2.80. The Hall–Kier alpha value is -1.40. The van der Waals surface area contributed by atoms with Crippen molar-refractivity contribution in [2.24, 2.45) is 5.73 Å². The molecule has 1 aromatic carbocycles. The fourth-order valence-corrected chi connectivity index (χ4v) is 2.46. The van der Waals surface area contributed by atoms with Crippen LogP contribution in [0, 0.1) is 5.41 Å². The van der Waals surface area contributed by atoms with Crippen LogP contribution in [0.1, 0.15) is 13.8 Å². The largest absolute Gasteiger partial charge is 0.386 e. The van der Waals surface area contributed by atoms with E-state index in [1.165, 1.54) is 26.0 Å². The van der Waals surface area contributed by atoms with Crippen LogP contribution in [0.2, 0.25) is 0 Å². The zero-order valence-electron chi connectivity index (χ0n) is 9.19. The molecule has 1 rings (SSSR count). The van der Waals surface area contributed by atoms with E-state index in [9.17, 15) is 8.42 Å². The van der Waals surface area contributed by atoms with Gasteiger partial charge in [-0.15, -0.1) is 0 Å². The topological polar surface area (TPSA) is 96.0 Å². The molecule has 0 aliphatic heterocycles. The lowest BCUT2D eigenvalue weighted by atomic mass is 10.1. The van der Waals surface area contributed by atoms with Crippen molar-refractivity contribution >= 4 is 15.9 Å². The van der Waals surface area contributed by atoms with Gasteiger partial charge in [0.05, 0.1) is 10.4 Å². The van der Waals surface area contributed by atoms with Crippen LogP contribution in [0.15, 0.2) is 35.2 Å². The maximum absolute atomic E-state index is 11.9. The maximum Gasteiger partial charge on any atom is 0.241 e.